The van der Waals surface area contributed by atoms with Gasteiger partial charge in [-0.2, -0.15) is 0 Å². The van der Waals surface area contributed by atoms with Gasteiger partial charge in [-0.05, 0) is 38.1 Å². The number of aromatic nitrogens is 1. The zero-order chi connectivity index (χ0) is 12.3. The summed E-state index contributed by atoms with van der Waals surface area (Å²) < 4.78 is 0. The number of nitrogens with zero attached hydrogens (tertiary/aromatic N) is 2. The van der Waals surface area contributed by atoms with E-state index < -0.39 is 5.91 Å². The number of nitrogens with one attached hydrogen (secondary N) is 1. The highest BCUT2D eigenvalue weighted by molar-refractivity contribution is 5.91. The number of hydrogen-bond acceptors (Lipinski definition) is 4. The molecular formula is C12H18N4O. The van der Waals surface area contributed by atoms with Crippen LogP contribution in [-0.4, -0.2) is 37.1 Å². The molecule has 2 rings (SSSR count). The first kappa shape index (κ1) is 11.9. The normalized spacial score (nSPS) is 16.8. The molecule has 0 unspecified atom stereocenters. The Morgan fingerprint density at radius 2 is 2.18 bits per heavy atom. The van der Waals surface area contributed by atoms with Crippen LogP contribution in [0.1, 0.15) is 23.3 Å². The van der Waals surface area contributed by atoms with Gasteiger partial charge in [0.05, 0.1) is 0 Å². The Kier molecular flexibility index (Phi) is 3.58. The SMILES string of the molecule is CN(c1cccc(C(N)=O)n1)C1CCNCC1. The van der Waals surface area contributed by atoms with E-state index in [1.807, 2.05) is 19.2 Å². The van der Waals surface area contributed by atoms with E-state index in [1.54, 1.807) is 6.07 Å². The maximum Gasteiger partial charge on any atom is 0.267 e. The van der Waals surface area contributed by atoms with Crippen molar-refractivity contribution in [3.05, 3.63) is 23.9 Å². The summed E-state index contributed by atoms with van der Waals surface area (Å²) in [5.41, 5.74) is 5.55. The molecule has 1 aromatic rings. The molecule has 0 radical (unpaired) electrons. The molecule has 1 amide bonds. The number of carbonyl (C=O) groups is 1. The van der Waals surface area contributed by atoms with Crippen LogP contribution in [0.3, 0.4) is 0 Å². The van der Waals surface area contributed by atoms with E-state index in [9.17, 15) is 4.79 Å². The van der Waals surface area contributed by atoms with E-state index >= 15 is 0 Å². The lowest BCUT2D eigenvalue weighted by atomic mass is 10.1. The molecule has 0 saturated carbocycles. The maximum absolute atomic E-state index is 11.1. The van der Waals surface area contributed by atoms with Crippen molar-refractivity contribution in [3.63, 3.8) is 0 Å². The quantitative estimate of drug-likeness (QED) is 0.792. The van der Waals surface area contributed by atoms with Crippen LogP contribution in [0.4, 0.5) is 5.82 Å². The molecule has 2 heterocycles. The highest BCUT2D eigenvalue weighted by atomic mass is 16.1. The fourth-order valence-corrected chi connectivity index (χ4v) is 2.14. The number of anilines is 1. The van der Waals surface area contributed by atoms with Gasteiger partial charge in [-0.25, -0.2) is 4.98 Å². The summed E-state index contributed by atoms with van der Waals surface area (Å²) in [6, 6.07) is 5.85. The van der Waals surface area contributed by atoms with Crippen LogP contribution < -0.4 is 16.0 Å². The lowest BCUT2D eigenvalue weighted by Crippen LogP contribution is -2.41. The standard InChI is InChI=1S/C12H18N4O/c1-16(9-5-7-14-8-6-9)11-4-2-3-10(15-11)12(13)17/h2-4,9,14H,5-8H2,1H3,(H2,13,17). The van der Waals surface area contributed by atoms with Crippen molar-refractivity contribution in [2.75, 3.05) is 25.0 Å². The van der Waals surface area contributed by atoms with Gasteiger partial charge in [0.25, 0.3) is 5.91 Å². The highest BCUT2D eigenvalue weighted by Gasteiger charge is 2.19. The second-order valence-electron chi connectivity index (χ2n) is 4.34. The average molecular weight is 234 g/mol. The van der Waals surface area contributed by atoms with Crippen molar-refractivity contribution < 1.29 is 4.79 Å². The van der Waals surface area contributed by atoms with Crippen LogP contribution in [0.25, 0.3) is 0 Å². The van der Waals surface area contributed by atoms with Crippen LogP contribution in [0.15, 0.2) is 18.2 Å². The van der Waals surface area contributed by atoms with Gasteiger partial charge in [0.1, 0.15) is 11.5 Å². The summed E-state index contributed by atoms with van der Waals surface area (Å²) in [4.78, 5) is 17.5. The summed E-state index contributed by atoms with van der Waals surface area (Å²) in [6.07, 6.45) is 2.19. The molecule has 0 aliphatic carbocycles. The molecule has 3 N–H and O–H groups in total. The van der Waals surface area contributed by atoms with Crippen molar-refractivity contribution in [1.29, 1.82) is 0 Å². The van der Waals surface area contributed by atoms with E-state index in [0.29, 0.717) is 11.7 Å². The number of amides is 1. The average Bonchev–Trinajstić information content (AvgIpc) is 2.39. The first-order valence-corrected chi connectivity index (χ1v) is 5.89. The lowest BCUT2D eigenvalue weighted by molar-refractivity contribution is 0.0995. The Labute approximate surface area is 101 Å². The molecule has 92 valence electrons. The topological polar surface area (TPSA) is 71.2 Å². The molecule has 1 aliphatic heterocycles. The Morgan fingerprint density at radius 1 is 1.47 bits per heavy atom. The first-order chi connectivity index (χ1) is 8.18. The zero-order valence-electron chi connectivity index (χ0n) is 10.0. The highest BCUT2D eigenvalue weighted by Crippen LogP contribution is 2.17. The summed E-state index contributed by atoms with van der Waals surface area (Å²) >= 11 is 0. The first-order valence-electron chi connectivity index (χ1n) is 5.89. The smallest absolute Gasteiger partial charge is 0.267 e. The molecule has 1 saturated heterocycles. The minimum absolute atomic E-state index is 0.322. The number of pyridine rings is 1. The summed E-state index contributed by atoms with van der Waals surface area (Å²) in [5.74, 6) is 0.332. The Bertz CT molecular complexity index is 401. The van der Waals surface area contributed by atoms with Crippen molar-refractivity contribution in [2.24, 2.45) is 5.73 Å². The van der Waals surface area contributed by atoms with E-state index in [-0.39, 0.29) is 0 Å². The van der Waals surface area contributed by atoms with Gasteiger partial charge in [-0.1, -0.05) is 6.07 Å². The fraction of sp³-hybridized carbons (Fsp3) is 0.500. The van der Waals surface area contributed by atoms with Crippen LogP contribution in [0.5, 0.6) is 0 Å². The van der Waals surface area contributed by atoms with Gasteiger partial charge in [-0.15, -0.1) is 0 Å². The van der Waals surface area contributed by atoms with Gasteiger partial charge < -0.3 is 16.0 Å². The van der Waals surface area contributed by atoms with Gasteiger partial charge in [0.15, 0.2) is 0 Å². The summed E-state index contributed by atoms with van der Waals surface area (Å²) in [7, 11) is 2.02. The third-order valence-corrected chi connectivity index (χ3v) is 3.20. The monoisotopic (exact) mass is 234 g/mol. The van der Waals surface area contributed by atoms with Gasteiger partial charge in [-0.3, -0.25) is 4.79 Å². The maximum atomic E-state index is 11.1. The minimum atomic E-state index is -0.481. The molecule has 0 bridgehead atoms. The second-order valence-corrected chi connectivity index (χ2v) is 4.34. The third kappa shape index (κ3) is 2.74. The number of piperidine rings is 1. The third-order valence-electron chi connectivity index (χ3n) is 3.20. The van der Waals surface area contributed by atoms with Crippen LogP contribution in [0, 0.1) is 0 Å². The van der Waals surface area contributed by atoms with Crippen LogP contribution in [0.2, 0.25) is 0 Å². The number of carbonyl (C=O) groups excluding carboxylic acids is 1. The van der Waals surface area contributed by atoms with Gasteiger partial charge >= 0.3 is 0 Å². The Morgan fingerprint density at radius 3 is 2.82 bits per heavy atom. The number of hydrogen-bond donors (Lipinski definition) is 2. The van der Waals surface area contributed by atoms with Crippen LogP contribution in [-0.2, 0) is 0 Å². The lowest BCUT2D eigenvalue weighted by Gasteiger charge is -2.32. The van der Waals surface area contributed by atoms with Gasteiger partial charge in [0, 0.05) is 13.1 Å². The predicted molar refractivity (Wildman–Crippen MR) is 67.0 cm³/mol. The molecular weight excluding hydrogens is 216 g/mol. The van der Waals surface area contributed by atoms with E-state index in [0.717, 1.165) is 31.7 Å². The number of nitrogens with two attached hydrogens (primary N) is 1. The molecule has 0 aromatic carbocycles. The largest absolute Gasteiger partial charge is 0.364 e. The van der Waals surface area contributed by atoms with Crippen molar-refractivity contribution in [2.45, 2.75) is 18.9 Å². The molecule has 1 aromatic heterocycles. The Balaban J connectivity index is 2.14. The van der Waals surface area contributed by atoms with E-state index in [1.165, 1.54) is 0 Å². The van der Waals surface area contributed by atoms with Crippen molar-refractivity contribution in [3.8, 4) is 0 Å². The number of rotatable bonds is 3. The second kappa shape index (κ2) is 5.14. The fourth-order valence-electron chi connectivity index (χ4n) is 2.14. The zero-order valence-corrected chi connectivity index (χ0v) is 10.0. The van der Waals surface area contributed by atoms with Crippen LogP contribution >= 0.6 is 0 Å². The molecule has 1 fully saturated rings. The predicted octanol–water partition coefficient (Wildman–Crippen LogP) is 0.369. The van der Waals surface area contributed by atoms with E-state index in [2.05, 4.69) is 15.2 Å². The molecule has 1 aliphatic rings. The van der Waals surface area contributed by atoms with Gasteiger partial charge in [0.2, 0.25) is 0 Å². The molecule has 0 atom stereocenters. The van der Waals surface area contributed by atoms with Crippen molar-refractivity contribution in [1.82, 2.24) is 10.3 Å². The van der Waals surface area contributed by atoms with E-state index in [4.69, 9.17) is 5.73 Å². The minimum Gasteiger partial charge on any atom is -0.364 e. The molecule has 5 heteroatoms. The molecule has 17 heavy (non-hydrogen) atoms. The number of primary amides is 1. The summed E-state index contributed by atoms with van der Waals surface area (Å²) in [6.45, 7) is 2.06. The van der Waals surface area contributed by atoms with Crippen molar-refractivity contribution >= 4 is 11.7 Å². The Hall–Kier alpha value is -1.62. The summed E-state index contributed by atoms with van der Waals surface area (Å²) in [5, 5.41) is 3.33. The molecule has 0 spiro atoms. The molecule has 5 nitrogen and oxygen atoms in total.